The summed E-state index contributed by atoms with van der Waals surface area (Å²) < 4.78 is 24.2. The molecule has 0 aromatic heterocycles. The first-order chi connectivity index (χ1) is 10.1. The Morgan fingerprint density at radius 1 is 1.32 bits per heavy atom. The normalized spacial score (nSPS) is 20.7. The van der Waals surface area contributed by atoms with E-state index in [2.05, 4.69) is 10.6 Å². The largest absolute Gasteiger partial charge is 0.493 e. The maximum atomic E-state index is 14.0. The number of carbonyl (C=O) groups excluding carboxylic acids is 1. The van der Waals surface area contributed by atoms with Gasteiger partial charge >= 0.3 is 0 Å². The highest BCUT2D eigenvalue weighted by Crippen LogP contribution is 2.29. The molecule has 0 aliphatic carbocycles. The van der Waals surface area contributed by atoms with Gasteiger partial charge in [0.15, 0.2) is 11.5 Å². The maximum Gasteiger partial charge on any atom is 0.254 e. The summed E-state index contributed by atoms with van der Waals surface area (Å²) in [6.07, 6.45) is 1.87. The van der Waals surface area contributed by atoms with Crippen LogP contribution in [-0.2, 0) is 0 Å². The van der Waals surface area contributed by atoms with Gasteiger partial charge in [-0.05, 0) is 32.4 Å². The van der Waals surface area contributed by atoms with Gasteiger partial charge in [-0.3, -0.25) is 4.79 Å². The zero-order valence-corrected chi connectivity index (χ0v) is 13.8. The molecular formula is C15H22ClFN2O3. The summed E-state index contributed by atoms with van der Waals surface area (Å²) >= 11 is 0. The Kier molecular flexibility index (Phi) is 6.90. The van der Waals surface area contributed by atoms with Crippen LogP contribution >= 0.6 is 12.4 Å². The molecule has 0 spiro atoms. The van der Waals surface area contributed by atoms with E-state index in [1.165, 1.54) is 20.3 Å². The summed E-state index contributed by atoms with van der Waals surface area (Å²) in [6.45, 7) is 2.95. The van der Waals surface area contributed by atoms with Gasteiger partial charge in [-0.15, -0.1) is 12.4 Å². The first kappa shape index (κ1) is 18.5. The maximum absolute atomic E-state index is 14.0. The first-order valence-corrected chi connectivity index (χ1v) is 7.02. The Hall–Kier alpha value is -1.53. The number of amides is 1. The smallest absolute Gasteiger partial charge is 0.254 e. The average molecular weight is 333 g/mol. The van der Waals surface area contributed by atoms with Gasteiger partial charge < -0.3 is 20.1 Å². The zero-order chi connectivity index (χ0) is 15.4. The van der Waals surface area contributed by atoms with Crippen LogP contribution in [0.2, 0.25) is 0 Å². The van der Waals surface area contributed by atoms with Gasteiger partial charge in [0.2, 0.25) is 0 Å². The molecule has 2 atom stereocenters. The number of rotatable bonds is 4. The van der Waals surface area contributed by atoms with Crippen LogP contribution in [0.5, 0.6) is 11.5 Å². The van der Waals surface area contributed by atoms with Crippen LogP contribution in [0.3, 0.4) is 0 Å². The summed E-state index contributed by atoms with van der Waals surface area (Å²) in [6, 6.07) is 2.70. The van der Waals surface area contributed by atoms with Crippen molar-refractivity contribution in [1.29, 1.82) is 0 Å². The molecule has 0 radical (unpaired) electrons. The van der Waals surface area contributed by atoms with E-state index in [0.29, 0.717) is 5.75 Å². The predicted molar refractivity (Wildman–Crippen MR) is 84.7 cm³/mol. The summed E-state index contributed by atoms with van der Waals surface area (Å²) in [5, 5.41) is 6.17. The van der Waals surface area contributed by atoms with Crippen molar-refractivity contribution in [3.63, 3.8) is 0 Å². The minimum Gasteiger partial charge on any atom is -0.493 e. The second kappa shape index (κ2) is 8.19. The fourth-order valence-electron chi connectivity index (χ4n) is 2.52. The van der Waals surface area contributed by atoms with E-state index in [1.807, 2.05) is 6.92 Å². The van der Waals surface area contributed by atoms with Crippen LogP contribution in [0.1, 0.15) is 30.1 Å². The topological polar surface area (TPSA) is 59.6 Å². The lowest BCUT2D eigenvalue weighted by molar-refractivity contribution is 0.0915. The lowest BCUT2D eigenvalue weighted by atomic mass is 9.99. The van der Waals surface area contributed by atoms with E-state index in [1.54, 1.807) is 0 Å². The highest BCUT2D eigenvalue weighted by Gasteiger charge is 2.25. The molecule has 22 heavy (non-hydrogen) atoms. The van der Waals surface area contributed by atoms with E-state index >= 15 is 0 Å². The van der Waals surface area contributed by atoms with E-state index < -0.39 is 11.7 Å². The molecule has 0 saturated carbocycles. The van der Waals surface area contributed by atoms with Crippen molar-refractivity contribution in [2.75, 3.05) is 20.8 Å². The minimum atomic E-state index is -0.624. The first-order valence-electron chi connectivity index (χ1n) is 7.02. The fraction of sp³-hybridized carbons (Fsp3) is 0.533. The SMILES string of the molecule is COc1cc(F)c(C(=O)NC2CCCNC2C)cc1OC.Cl. The molecule has 0 bridgehead atoms. The molecule has 1 heterocycles. The molecule has 1 aromatic rings. The Labute approximate surface area is 136 Å². The van der Waals surface area contributed by atoms with Gasteiger partial charge in [0, 0.05) is 18.2 Å². The van der Waals surface area contributed by atoms with Crippen molar-refractivity contribution in [3.05, 3.63) is 23.5 Å². The molecule has 2 unspecified atom stereocenters. The molecule has 1 amide bonds. The summed E-state index contributed by atoms with van der Waals surface area (Å²) in [5.74, 6) is -0.464. The van der Waals surface area contributed by atoms with E-state index in [0.717, 1.165) is 25.5 Å². The highest BCUT2D eigenvalue weighted by molar-refractivity contribution is 5.95. The molecule has 2 N–H and O–H groups in total. The quantitative estimate of drug-likeness (QED) is 0.887. The van der Waals surface area contributed by atoms with Crippen LogP contribution in [0.25, 0.3) is 0 Å². The number of benzene rings is 1. The number of methoxy groups -OCH3 is 2. The van der Waals surface area contributed by atoms with Gasteiger partial charge in [-0.25, -0.2) is 4.39 Å². The molecule has 1 saturated heterocycles. The fourth-order valence-corrected chi connectivity index (χ4v) is 2.52. The lowest BCUT2D eigenvalue weighted by Gasteiger charge is -2.30. The summed E-state index contributed by atoms with van der Waals surface area (Å²) in [5.41, 5.74) is -0.0366. The number of hydrogen-bond donors (Lipinski definition) is 2. The molecule has 1 aromatic carbocycles. The molecule has 2 rings (SSSR count). The Balaban J connectivity index is 0.00000242. The average Bonchev–Trinajstić information content (AvgIpc) is 2.49. The van der Waals surface area contributed by atoms with Gasteiger partial charge in [0.1, 0.15) is 5.82 Å². The lowest BCUT2D eigenvalue weighted by Crippen LogP contribution is -2.52. The molecule has 1 aliphatic heterocycles. The third-order valence-corrected chi connectivity index (χ3v) is 3.80. The van der Waals surface area contributed by atoms with Crippen molar-refractivity contribution in [1.82, 2.24) is 10.6 Å². The number of nitrogens with one attached hydrogen (secondary N) is 2. The van der Waals surface area contributed by atoms with Gasteiger partial charge in [-0.1, -0.05) is 0 Å². The molecule has 5 nitrogen and oxygen atoms in total. The second-order valence-electron chi connectivity index (χ2n) is 5.15. The van der Waals surface area contributed by atoms with E-state index in [9.17, 15) is 9.18 Å². The van der Waals surface area contributed by atoms with Crippen LogP contribution in [0.15, 0.2) is 12.1 Å². The molecular weight excluding hydrogens is 311 g/mol. The number of ether oxygens (including phenoxy) is 2. The van der Waals surface area contributed by atoms with Crippen LogP contribution in [0.4, 0.5) is 4.39 Å². The number of carbonyl (C=O) groups is 1. The number of halogens is 2. The minimum absolute atomic E-state index is 0. The van der Waals surface area contributed by atoms with Crippen molar-refractivity contribution in [3.8, 4) is 11.5 Å². The van der Waals surface area contributed by atoms with Crippen molar-refractivity contribution < 1.29 is 18.7 Å². The number of piperidine rings is 1. The van der Waals surface area contributed by atoms with Gasteiger partial charge in [0.05, 0.1) is 19.8 Å². The van der Waals surface area contributed by atoms with Crippen molar-refractivity contribution in [2.45, 2.75) is 31.8 Å². The molecule has 1 aliphatic rings. The Morgan fingerprint density at radius 3 is 2.55 bits per heavy atom. The van der Waals surface area contributed by atoms with E-state index in [-0.39, 0.29) is 35.8 Å². The highest BCUT2D eigenvalue weighted by atomic mass is 35.5. The third-order valence-electron chi connectivity index (χ3n) is 3.80. The standard InChI is InChI=1S/C15H21FN2O3.ClH/c1-9-12(5-4-6-17-9)18-15(19)10-7-13(20-2)14(21-3)8-11(10)16;/h7-9,12,17H,4-6H2,1-3H3,(H,18,19);1H. The van der Waals surface area contributed by atoms with E-state index in [4.69, 9.17) is 9.47 Å². The molecule has 124 valence electrons. The second-order valence-corrected chi connectivity index (χ2v) is 5.15. The summed E-state index contributed by atoms with van der Waals surface area (Å²) in [4.78, 5) is 12.3. The monoisotopic (exact) mass is 332 g/mol. The Bertz CT molecular complexity index is 528. The Morgan fingerprint density at radius 2 is 1.95 bits per heavy atom. The van der Waals surface area contributed by atoms with Crippen LogP contribution < -0.4 is 20.1 Å². The van der Waals surface area contributed by atoms with Crippen LogP contribution in [-0.4, -0.2) is 38.8 Å². The summed E-state index contributed by atoms with van der Waals surface area (Å²) in [7, 11) is 2.87. The van der Waals surface area contributed by atoms with Crippen molar-refractivity contribution in [2.24, 2.45) is 0 Å². The van der Waals surface area contributed by atoms with Crippen molar-refractivity contribution >= 4 is 18.3 Å². The van der Waals surface area contributed by atoms with Gasteiger partial charge in [-0.2, -0.15) is 0 Å². The number of hydrogen-bond acceptors (Lipinski definition) is 4. The van der Waals surface area contributed by atoms with Gasteiger partial charge in [0.25, 0.3) is 5.91 Å². The molecule has 7 heteroatoms. The predicted octanol–water partition coefficient (Wildman–Crippen LogP) is 2.14. The zero-order valence-electron chi connectivity index (χ0n) is 12.9. The van der Waals surface area contributed by atoms with Crippen LogP contribution in [0, 0.1) is 5.82 Å². The third kappa shape index (κ3) is 4.01. The molecule has 1 fully saturated rings.